The zero-order valence-corrected chi connectivity index (χ0v) is 11.2. The van der Waals surface area contributed by atoms with Crippen LogP contribution in [0.25, 0.3) is 0 Å². The second-order valence-corrected chi connectivity index (χ2v) is 5.74. The number of hydrogen-bond donors (Lipinski definition) is 1. The SMILES string of the molecule is CCCN1CCC(O)(CCC2CCCO2)CC1. The predicted octanol–water partition coefficient (Wildman–Crippen LogP) is 2.18. The van der Waals surface area contributed by atoms with Gasteiger partial charge >= 0.3 is 0 Å². The maximum Gasteiger partial charge on any atom is 0.0673 e. The standard InChI is InChI=1S/C14H27NO2/c1-2-9-15-10-7-14(16,8-11-15)6-5-13-4-3-12-17-13/h13,16H,2-12H2,1H3. The van der Waals surface area contributed by atoms with Gasteiger partial charge in [-0.2, -0.15) is 0 Å². The maximum absolute atomic E-state index is 10.5. The van der Waals surface area contributed by atoms with Crippen LogP contribution < -0.4 is 0 Å². The normalized spacial score (nSPS) is 29.6. The monoisotopic (exact) mass is 241 g/mol. The summed E-state index contributed by atoms with van der Waals surface area (Å²) in [5.41, 5.74) is -0.407. The Kier molecular flexibility index (Phi) is 4.83. The molecule has 0 bridgehead atoms. The van der Waals surface area contributed by atoms with Crippen molar-refractivity contribution >= 4 is 0 Å². The summed E-state index contributed by atoms with van der Waals surface area (Å²) >= 11 is 0. The van der Waals surface area contributed by atoms with Crippen molar-refractivity contribution in [1.82, 2.24) is 4.90 Å². The molecule has 1 unspecified atom stereocenters. The number of nitrogens with zero attached hydrogens (tertiary/aromatic N) is 1. The third-order valence-corrected chi connectivity index (χ3v) is 4.28. The molecule has 100 valence electrons. The van der Waals surface area contributed by atoms with Crippen molar-refractivity contribution in [3.63, 3.8) is 0 Å². The molecule has 2 fully saturated rings. The van der Waals surface area contributed by atoms with Gasteiger partial charge in [-0.1, -0.05) is 6.92 Å². The molecule has 0 aromatic heterocycles. The van der Waals surface area contributed by atoms with E-state index in [-0.39, 0.29) is 0 Å². The van der Waals surface area contributed by atoms with E-state index in [0.29, 0.717) is 6.10 Å². The van der Waals surface area contributed by atoms with Crippen LogP contribution in [0.15, 0.2) is 0 Å². The van der Waals surface area contributed by atoms with E-state index in [2.05, 4.69) is 11.8 Å². The van der Waals surface area contributed by atoms with Crippen LogP contribution in [0.1, 0.15) is 51.9 Å². The summed E-state index contributed by atoms with van der Waals surface area (Å²) in [4.78, 5) is 2.47. The Morgan fingerprint density at radius 1 is 1.35 bits per heavy atom. The van der Waals surface area contributed by atoms with Crippen molar-refractivity contribution in [2.24, 2.45) is 0 Å². The molecule has 1 atom stereocenters. The molecule has 3 nitrogen and oxygen atoms in total. The fraction of sp³-hybridized carbons (Fsp3) is 1.00. The lowest BCUT2D eigenvalue weighted by atomic mass is 9.86. The molecule has 0 spiro atoms. The van der Waals surface area contributed by atoms with E-state index in [1.54, 1.807) is 0 Å². The number of likely N-dealkylation sites (tertiary alicyclic amines) is 1. The molecule has 0 aromatic carbocycles. The van der Waals surface area contributed by atoms with Gasteiger partial charge < -0.3 is 14.7 Å². The zero-order chi connectivity index (χ0) is 12.1. The van der Waals surface area contributed by atoms with Crippen LogP contribution in [0, 0.1) is 0 Å². The Balaban J connectivity index is 1.69. The quantitative estimate of drug-likeness (QED) is 0.801. The molecule has 2 saturated heterocycles. The van der Waals surface area contributed by atoms with Crippen LogP contribution in [0.4, 0.5) is 0 Å². The van der Waals surface area contributed by atoms with Crippen molar-refractivity contribution in [3.05, 3.63) is 0 Å². The first kappa shape index (κ1) is 13.3. The van der Waals surface area contributed by atoms with Crippen molar-refractivity contribution in [3.8, 4) is 0 Å². The lowest BCUT2D eigenvalue weighted by Gasteiger charge is -2.38. The number of rotatable bonds is 5. The molecule has 0 amide bonds. The van der Waals surface area contributed by atoms with E-state index in [9.17, 15) is 5.11 Å². The van der Waals surface area contributed by atoms with Crippen LogP contribution in [0.3, 0.4) is 0 Å². The van der Waals surface area contributed by atoms with Crippen LogP contribution in [-0.2, 0) is 4.74 Å². The van der Waals surface area contributed by atoms with Gasteiger partial charge in [-0.25, -0.2) is 0 Å². The Labute approximate surface area is 105 Å². The molecule has 2 aliphatic rings. The highest BCUT2D eigenvalue weighted by molar-refractivity contribution is 4.86. The Bertz CT molecular complexity index is 218. The first-order chi connectivity index (χ1) is 8.22. The van der Waals surface area contributed by atoms with Gasteiger partial charge in [0.1, 0.15) is 0 Å². The molecule has 0 radical (unpaired) electrons. The molecule has 0 aliphatic carbocycles. The average molecular weight is 241 g/mol. The Morgan fingerprint density at radius 3 is 2.71 bits per heavy atom. The van der Waals surface area contributed by atoms with Gasteiger partial charge in [-0.15, -0.1) is 0 Å². The highest BCUT2D eigenvalue weighted by Crippen LogP contribution is 2.29. The smallest absolute Gasteiger partial charge is 0.0673 e. The minimum atomic E-state index is -0.407. The summed E-state index contributed by atoms with van der Waals surface area (Å²) in [6.45, 7) is 6.46. The second kappa shape index (κ2) is 6.17. The highest BCUT2D eigenvalue weighted by atomic mass is 16.5. The fourth-order valence-electron chi connectivity index (χ4n) is 3.06. The molecule has 1 N–H and O–H groups in total. The van der Waals surface area contributed by atoms with Crippen molar-refractivity contribution in [2.75, 3.05) is 26.2 Å². The van der Waals surface area contributed by atoms with E-state index in [1.165, 1.54) is 25.8 Å². The first-order valence-electron chi connectivity index (χ1n) is 7.28. The molecular formula is C14H27NO2. The summed E-state index contributed by atoms with van der Waals surface area (Å²) in [5, 5.41) is 10.5. The van der Waals surface area contributed by atoms with Crippen LogP contribution in [0.5, 0.6) is 0 Å². The Hall–Kier alpha value is -0.120. The highest BCUT2D eigenvalue weighted by Gasteiger charge is 2.32. The third-order valence-electron chi connectivity index (χ3n) is 4.28. The van der Waals surface area contributed by atoms with Crippen molar-refractivity contribution < 1.29 is 9.84 Å². The minimum absolute atomic E-state index is 0.407. The van der Waals surface area contributed by atoms with Crippen LogP contribution in [-0.4, -0.2) is 48.0 Å². The molecule has 3 heteroatoms. The Morgan fingerprint density at radius 2 is 2.12 bits per heavy atom. The number of aliphatic hydroxyl groups is 1. The van der Waals surface area contributed by atoms with Gasteiger partial charge in [0.05, 0.1) is 11.7 Å². The summed E-state index contributed by atoms with van der Waals surface area (Å²) in [7, 11) is 0. The number of piperidine rings is 1. The predicted molar refractivity (Wildman–Crippen MR) is 69.1 cm³/mol. The second-order valence-electron chi connectivity index (χ2n) is 5.74. The van der Waals surface area contributed by atoms with Gasteiger partial charge in [-0.05, 0) is 51.5 Å². The summed E-state index contributed by atoms with van der Waals surface area (Å²) in [6, 6.07) is 0. The van der Waals surface area contributed by atoms with Gasteiger partial charge in [0.2, 0.25) is 0 Å². The van der Waals surface area contributed by atoms with E-state index in [0.717, 1.165) is 45.4 Å². The molecule has 17 heavy (non-hydrogen) atoms. The van der Waals surface area contributed by atoms with Crippen LogP contribution in [0.2, 0.25) is 0 Å². The third kappa shape index (κ3) is 3.94. The summed E-state index contributed by atoms with van der Waals surface area (Å²) in [5.74, 6) is 0. The maximum atomic E-state index is 10.5. The topological polar surface area (TPSA) is 32.7 Å². The lowest BCUT2D eigenvalue weighted by Crippen LogP contribution is -2.44. The molecule has 2 heterocycles. The molecule has 0 aromatic rings. The van der Waals surface area contributed by atoms with Gasteiger partial charge in [0, 0.05) is 19.7 Å². The average Bonchev–Trinajstić information content (AvgIpc) is 2.84. The number of hydrogen-bond acceptors (Lipinski definition) is 3. The fourth-order valence-corrected chi connectivity index (χ4v) is 3.06. The van der Waals surface area contributed by atoms with Gasteiger partial charge in [-0.3, -0.25) is 0 Å². The van der Waals surface area contributed by atoms with Gasteiger partial charge in [0.15, 0.2) is 0 Å². The first-order valence-corrected chi connectivity index (χ1v) is 7.28. The van der Waals surface area contributed by atoms with E-state index in [4.69, 9.17) is 4.74 Å². The van der Waals surface area contributed by atoms with E-state index < -0.39 is 5.60 Å². The van der Waals surface area contributed by atoms with E-state index in [1.807, 2.05) is 0 Å². The largest absolute Gasteiger partial charge is 0.390 e. The van der Waals surface area contributed by atoms with Gasteiger partial charge in [0.25, 0.3) is 0 Å². The summed E-state index contributed by atoms with van der Waals surface area (Å²) < 4.78 is 5.63. The molecule has 2 aliphatic heterocycles. The molecule has 0 saturated carbocycles. The minimum Gasteiger partial charge on any atom is -0.390 e. The van der Waals surface area contributed by atoms with Crippen LogP contribution >= 0.6 is 0 Å². The molecular weight excluding hydrogens is 214 g/mol. The molecule has 2 rings (SSSR count). The van der Waals surface area contributed by atoms with Crippen molar-refractivity contribution in [2.45, 2.75) is 63.6 Å². The van der Waals surface area contributed by atoms with Crippen molar-refractivity contribution in [1.29, 1.82) is 0 Å². The number of ether oxygens (including phenoxy) is 1. The van der Waals surface area contributed by atoms with E-state index >= 15 is 0 Å². The zero-order valence-electron chi connectivity index (χ0n) is 11.2. The summed E-state index contributed by atoms with van der Waals surface area (Å²) in [6.07, 6.45) is 7.90. The lowest BCUT2D eigenvalue weighted by molar-refractivity contribution is -0.0380.